The second-order valence-electron chi connectivity index (χ2n) is 5.57. The molecule has 0 unspecified atom stereocenters. The third-order valence-corrected chi connectivity index (χ3v) is 3.95. The smallest absolute Gasteiger partial charge is 0.354 e. The van der Waals surface area contributed by atoms with Crippen molar-refractivity contribution >= 4 is 11.9 Å². The summed E-state index contributed by atoms with van der Waals surface area (Å²) in [4.78, 5) is 27.4. The Morgan fingerprint density at radius 2 is 2.04 bits per heavy atom. The zero-order chi connectivity index (χ0) is 18.4. The summed E-state index contributed by atoms with van der Waals surface area (Å²) in [6, 6.07) is 4.96. The number of carboxylic acids is 1. The van der Waals surface area contributed by atoms with Crippen molar-refractivity contribution in [2.24, 2.45) is 0 Å². The topological polar surface area (TPSA) is 90.7 Å². The molecular formula is C18H22N2O5. The molecule has 0 saturated carbocycles. The summed E-state index contributed by atoms with van der Waals surface area (Å²) in [6.07, 6.45) is 4.00. The van der Waals surface area contributed by atoms with Crippen LogP contribution >= 0.6 is 0 Å². The first-order valence-corrected chi connectivity index (χ1v) is 8.04. The summed E-state index contributed by atoms with van der Waals surface area (Å²) in [5.74, 6) is -0.268. The van der Waals surface area contributed by atoms with Gasteiger partial charge in [-0.25, -0.2) is 14.6 Å². The van der Waals surface area contributed by atoms with Gasteiger partial charge in [0.15, 0.2) is 0 Å². The van der Waals surface area contributed by atoms with Gasteiger partial charge in [0, 0.05) is 12.0 Å². The molecule has 2 aromatic rings. The summed E-state index contributed by atoms with van der Waals surface area (Å²) >= 11 is 0. The second kappa shape index (κ2) is 8.32. The first kappa shape index (κ1) is 18.5. The lowest BCUT2D eigenvalue weighted by Crippen LogP contribution is -2.13. The van der Waals surface area contributed by atoms with Gasteiger partial charge >= 0.3 is 11.9 Å². The van der Waals surface area contributed by atoms with Crippen molar-refractivity contribution in [2.75, 3.05) is 14.2 Å². The number of carbonyl (C=O) groups excluding carboxylic acids is 1. The minimum atomic E-state index is -1.03. The average Bonchev–Trinajstić information content (AvgIpc) is 3.02. The molecule has 7 heteroatoms. The maximum absolute atomic E-state index is 11.7. The molecule has 0 spiro atoms. The van der Waals surface area contributed by atoms with Crippen molar-refractivity contribution in [2.45, 2.75) is 32.7 Å². The van der Waals surface area contributed by atoms with Crippen molar-refractivity contribution in [1.29, 1.82) is 0 Å². The van der Waals surface area contributed by atoms with Crippen LogP contribution < -0.4 is 4.74 Å². The van der Waals surface area contributed by atoms with E-state index in [2.05, 4.69) is 11.9 Å². The first-order valence-electron chi connectivity index (χ1n) is 8.04. The number of carboxylic acid groups (broad SMARTS) is 1. The Balaban J connectivity index is 2.39. The number of ether oxygens (including phenoxy) is 2. The van der Waals surface area contributed by atoms with Crippen LogP contribution in [0.25, 0.3) is 0 Å². The number of benzene rings is 1. The number of aryl methyl sites for hydroxylation is 1. The largest absolute Gasteiger partial charge is 0.496 e. The van der Waals surface area contributed by atoms with Crippen LogP contribution in [0, 0.1) is 0 Å². The van der Waals surface area contributed by atoms with E-state index in [-0.39, 0.29) is 5.69 Å². The molecule has 0 aliphatic carbocycles. The van der Waals surface area contributed by atoms with Gasteiger partial charge < -0.3 is 19.1 Å². The highest BCUT2D eigenvalue weighted by Crippen LogP contribution is 2.23. The molecule has 25 heavy (non-hydrogen) atoms. The number of carbonyl (C=O) groups is 2. The van der Waals surface area contributed by atoms with Gasteiger partial charge in [0.2, 0.25) is 0 Å². The zero-order valence-electron chi connectivity index (χ0n) is 14.6. The highest BCUT2D eigenvalue weighted by atomic mass is 16.5. The van der Waals surface area contributed by atoms with Gasteiger partial charge in [0.25, 0.3) is 0 Å². The van der Waals surface area contributed by atoms with Crippen molar-refractivity contribution in [3.63, 3.8) is 0 Å². The molecule has 0 atom stereocenters. The van der Waals surface area contributed by atoms with Gasteiger partial charge in [-0.3, -0.25) is 0 Å². The number of rotatable bonds is 8. The molecular weight excluding hydrogens is 324 g/mol. The number of hydrogen-bond donors (Lipinski definition) is 1. The van der Waals surface area contributed by atoms with Crippen LogP contribution in [0.1, 0.15) is 52.0 Å². The number of hydrogen-bond acceptors (Lipinski definition) is 5. The van der Waals surface area contributed by atoms with Gasteiger partial charge in [0.1, 0.15) is 17.3 Å². The maximum Gasteiger partial charge on any atom is 0.354 e. The van der Waals surface area contributed by atoms with E-state index in [1.807, 2.05) is 0 Å². The van der Waals surface area contributed by atoms with Gasteiger partial charge in [-0.05, 0) is 18.6 Å². The van der Waals surface area contributed by atoms with Gasteiger partial charge in [0.05, 0.1) is 32.5 Å². The van der Waals surface area contributed by atoms with E-state index in [1.165, 1.54) is 20.4 Å². The molecule has 0 aliphatic heterocycles. The van der Waals surface area contributed by atoms with Crippen LogP contribution in [-0.2, 0) is 17.7 Å². The molecule has 134 valence electrons. The van der Waals surface area contributed by atoms with E-state index in [1.54, 1.807) is 22.8 Å². The van der Waals surface area contributed by atoms with E-state index in [0.29, 0.717) is 24.3 Å². The third-order valence-electron chi connectivity index (χ3n) is 3.95. The Labute approximate surface area is 146 Å². The highest BCUT2D eigenvalue weighted by Gasteiger charge is 2.18. The predicted octanol–water partition coefficient (Wildman–Crippen LogP) is 2.77. The fourth-order valence-corrected chi connectivity index (χ4v) is 2.59. The molecule has 7 nitrogen and oxygen atoms in total. The van der Waals surface area contributed by atoms with Crippen LogP contribution in [0.15, 0.2) is 24.4 Å². The Hall–Kier alpha value is -2.83. The number of aromatic carboxylic acids is 1. The van der Waals surface area contributed by atoms with E-state index in [0.717, 1.165) is 24.2 Å². The number of methoxy groups -OCH3 is 2. The molecule has 0 aliphatic rings. The molecule has 1 aromatic heterocycles. The number of imidazole rings is 1. The van der Waals surface area contributed by atoms with E-state index < -0.39 is 11.9 Å². The average molecular weight is 346 g/mol. The Morgan fingerprint density at radius 1 is 1.28 bits per heavy atom. The summed E-state index contributed by atoms with van der Waals surface area (Å²) < 4.78 is 11.7. The SMILES string of the molecule is CCCCc1ncc(C(=O)O)n1Cc1ccc(C(=O)OC)cc1OC. The number of nitrogens with zero attached hydrogens (tertiary/aromatic N) is 2. The number of unbranched alkanes of at least 4 members (excludes halogenated alkanes) is 1. The quantitative estimate of drug-likeness (QED) is 0.739. The lowest BCUT2D eigenvalue weighted by molar-refractivity contribution is 0.0599. The lowest BCUT2D eigenvalue weighted by Gasteiger charge is -2.14. The maximum atomic E-state index is 11.7. The van der Waals surface area contributed by atoms with Crippen LogP contribution in [0.3, 0.4) is 0 Å². The first-order chi connectivity index (χ1) is 12.0. The zero-order valence-corrected chi connectivity index (χ0v) is 14.6. The van der Waals surface area contributed by atoms with Crippen molar-refractivity contribution < 1.29 is 24.2 Å². The molecule has 1 heterocycles. The Kier molecular flexibility index (Phi) is 6.16. The molecule has 2 rings (SSSR count). The van der Waals surface area contributed by atoms with E-state index in [9.17, 15) is 14.7 Å². The van der Waals surface area contributed by atoms with E-state index in [4.69, 9.17) is 9.47 Å². The van der Waals surface area contributed by atoms with Crippen LogP contribution in [0.2, 0.25) is 0 Å². The summed E-state index contributed by atoms with van der Waals surface area (Å²) in [6.45, 7) is 2.37. The minimum Gasteiger partial charge on any atom is -0.496 e. The number of aromatic nitrogens is 2. The fraction of sp³-hybridized carbons (Fsp3) is 0.389. The van der Waals surface area contributed by atoms with E-state index >= 15 is 0 Å². The van der Waals surface area contributed by atoms with Crippen LogP contribution in [0.5, 0.6) is 5.75 Å². The summed E-state index contributed by atoms with van der Waals surface area (Å²) in [7, 11) is 2.82. The van der Waals surface area contributed by atoms with Gasteiger partial charge in [-0.1, -0.05) is 19.4 Å². The van der Waals surface area contributed by atoms with Crippen molar-refractivity contribution in [1.82, 2.24) is 9.55 Å². The third kappa shape index (κ3) is 4.17. The summed E-state index contributed by atoms with van der Waals surface area (Å²) in [5, 5.41) is 9.40. The molecule has 0 bridgehead atoms. The Morgan fingerprint density at radius 3 is 2.64 bits per heavy atom. The highest BCUT2D eigenvalue weighted by molar-refractivity contribution is 5.90. The monoisotopic (exact) mass is 346 g/mol. The molecule has 0 fully saturated rings. The fourth-order valence-electron chi connectivity index (χ4n) is 2.59. The predicted molar refractivity (Wildman–Crippen MR) is 91.2 cm³/mol. The number of esters is 1. The second-order valence-corrected chi connectivity index (χ2v) is 5.57. The normalized spacial score (nSPS) is 10.5. The Bertz CT molecular complexity index is 767. The molecule has 0 saturated heterocycles. The molecule has 1 N–H and O–H groups in total. The van der Waals surface area contributed by atoms with Crippen LogP contribution in [0.4, 0.5) is 0 Å². The molecule has 0 radical (unpaired) electrons. The standard InChI is InChI=1S/C18H22N2O5/c1-4-5-6-16-19-10-14(17(21)22)20(16)11-13-8-7-12(18(23)25-3)9-15(13)24-2/h7-10H,4-6,11H2,1-3H3,(H,21,22). The lowest BCUT2D eigenvalue weighted by atomic mass is 10.1. The van der Waals surface area contributed by atoms with Gasteiger partial charge in [-0.15, -0.1) is 0 Å². The molecule has 1 aromatic carbocycles. The van der Waals surface area contributed by atoms with Gasteiger partial charge in [-0.2, -0.15) is 0 Å². The molecule has 0 amide bonds. The summed E-state index contributed by atoms with van der Waals surface area (Å²) in [5.41, 5.74) is 1.26. The minimum absolute atomic E-state index is 0.130. The van der Waals surface area contributed by atoms with Crippen molar-refractivity contribution in [3.05, 3.63) is 47.0 Å². The van der Waals surface area contributed by atoms with Crippen molar-refractivity contribution in [3.8, 4) is 5.75 Å². The van der Waals surface area contributed by atoms with Crippen LogP contribution in [-0.4, -0.2) is 40.8 Å².